The largest absolute Gasteiger partial charge is 0.321 e. The topological polar surface area (TPSA) is 57.8 Å². The van der Waals surface area contributed by atoms with Gasteiger partial charge in [-0.05, 0) is 53.9 Å². The molecule has 4 nitrogen and oxygen atoms in total. The lowest BCUT2D eigenvalue weighted by Crippen LogP contribution is -2.13. The Hall–Kier alpha value is -1.62. The van der Waals surface area contributed by atoms with Gasteiger partial charge in [0.15, 0.2) is 0 Å². The predicted octanol–water partition coefficient (Wildman–Crippen LogP) is 3.35. The van der Waals surface area contributed by atoms with Crippen molar-refractivity contribution in [1.82, 2.24) is 10.2 Å². The number of benzene rings is 1. The molecule has 0 fully saturated rings. The number of nitrogens with zero attached hydrogens (tertiary/aromatic N) is 1. The fourth-order valence-corrected chi connectivity index (χ4v) is 2.61. The second-order valence-electron chi connectivity index (χ2n) is 4.30. The van der Waals surface area contributed by atoms with Gasteiger partial charge in [-0.15, -0.1) is 0 Å². The zero-order valence-corrected chi connectivity index (χ0v) is 12.1. The molecule has 0 spiro atoms. The fourth-order valence-electron chi connectivity index (χ4n) is 1.83. The summed E-state index contributed by atoms with van der Waals surface area (Å²) in [6.07, 6.45) is 1.53. The predicted molar refractivity (Wildman–Crippen MR) is 74.9 cm³/mol. The Morgan fingerprint density at radius 1 is 1.33 bits per heavy atom. The maximum absolute atomic E-state index is 12.1. The number of hydrogen-bond donors (Lipinski definition) is 2. The summed E-state index contributed by atoms with van der Waals surface area (Å²) in [5.41, 5.74) is 4.29. The van der Waals surface area contributed by atoms with Crippen LogP contribution in [0.25, 0.3) is 0 Å². The molecule has 2 rings (SSSR count). The average molecular weight is 308 g/mol. The van der Waals surface area contributed by atoms with Crippen LogP contribution in [0.5, 0.6) is 0 Å². The van der Waals surface area contributed by atoms with Crippen LogP contribution < -0.4 is 5.32 Å². The number of halogens is 1. The standard InChI is InChI=1S/C13H14BrN3O/c1-7-4-8(2)12(11(14)5-7)16-13(18)10-6-15-17-9(10)3/h4-6H,1-3H3,(H,15,17)(H,16,18). The van der Waals surface area contributed by atoms with Gasteiger partial charge in [0, 0.05) is 10.2 Å². The Bertz CT molecular complexity index is 581. The summed E-state index contributed by atoms with van der Waals surface area (Å²) in [5, 5.41) is 9.50. The molecular weight excluding hydrogens is 294 g/mol. The van der Waals surface area contributed by atoms with E-state index in [0.29, 0.717) is 5.56 Å². The normalized spacial score (nSPS) is 10.4. The number of rotatable bonds is 2. The number of H-pyrrole nitrogens is 1. The highest BCUT2D eigenvalue weighted by Gasteiger charge is 2.14. The number of nitrogens with one attached hydrogen (secondary N) is 2. The molecule has 18 heavy (non-hydrogen) atoms. The molecule has 0 radical (unpaired) electrons. The maximum Gasteiger partial charge on any atom is 0.259 e. The number of aromatic nitrogens is 2. The molecule has 1 aromatic heterocycles. The lowest BCUT2D eigenvalue weighted by Gasteiger charge is -2.11. The molecule has 5 heteroatoms. The number of carbonyl (C=O) groups excluding carboxylic acids is 1. The van der Waals surface area contributed by atoms with Crippen molar-refractivity contribution >= 4 is 27.5 Å². The molecule has 0 unspecified atom stereocenters. The summed E-state index contributed by atoms with van der Waals surface area (Å²) in [5.74, 6) is -0.158. The van der Waals surface area contributed by atoms with Crippen LogP contribution in [0.1, 0.15) is 27.2 Å². The Kier molecular flexibility index (Phi) is 3.52. The summed E-state index contributed by atoms with van der Waals surface area (Å²) in [4.78, 5) is 12.1. The first kappa shape index (κ1) is 12.8. The number of hydrogen-bond acceptors (Lipinski definition) is 2. The van der Waals surface area contributed by atoms with E-state index in [1.807, 2.05) is 32.9 Å². The van der Waals surface area contributed by atoms with Crippen molar-refractivity contribution in [2.24, 2.45) is 0 Å². The number of anilines is 1. The SMILES string of the molecule is Cc1cc(C)c(NC(=O)c2cn[nH]c2C)c(Br)c1. The smallest absolute Gasteiger partial charge is 0.259 e. The Labute approximate surface area is 114 Å². The molecule has 0 aliphatic rings. The van der Waals surface area contributed by atoms with E-state index >= 15 is 0 Å². The first-order chi connectivity index (χ1) is 8.49. The molecule has 1 amide bonds. The van der Waals surface area contributed by atoms with Crippen LogP contribution in [-0.4, -0.2) is 16.1 Å². The van der Waals surface area contributed by atoms with Crippen molar-refractivity contribution in [3.05, 3.63) is 45.2 Å². The van der Waals surface area contributed by atoms with Gasteiger partial charge in [-0.2, -0.15) is 5.10 Å². The third-order valence-electron chi connectivity index (χ3n) is 2.74. The molecule has 1 aromatic carbocycles. The quantitative estimate of drug-likeness (QED) is 0.894. The van der Waals surface area contributed by atoms with E-state index in [1.54, 1.807) is 0 Å². The van der Waals surface area contributed by atoms with E-state index in [9.17, 15) is 4.79 Å². The minimum atomic E-state index is -0.158. The van der Waals surface area contributed by atoms with E-state index in [-0.39, 0.29) is 5.91 Å². The van der Waals surface area contributed by atoms with Gasteiger partial charge in [-0.1, -0.05) is 6.07 Å². The summed E-state index contributed by atoms with van der Waals surface area (Å²) < 4.78 is 0.884. The second-order valence-corrected chi connectivity index (χ2v) is 5.16. The van der Waals surface area contributed by atoms with E-state index < -0.39 is 0 Å². The van der Waals surface area contributed by atoms with Crippen molar-refractivity contribution in [2.75, 3.05) is 5.32 Å². The van der Waals surface area contributed by atoms with Crippen molar-refractivity contribution in [3.63, 3.8) is 0 Å². The molecular formula is C13H14BrN3O. The Morgan fingerprint density at radius 3 is 2.61 bits per heavy atom. The van der Waals surface area contributed by atoms with Crippen LogP contribution in [0, 0.1) is 20.8 Å². The van der Waals surface area contributed by atoms with Crippen LogP contribution >= 0.6 is 15.9 Å². The Morgan fingerprint density at radius 2 is 2.06 bits per heavy atom. The van der Waals surface area contributed by atoms with E-state index in [0.717, 1.165) is 27.0 Å². The molecule has 1 heterocycles. The number of aryl methyl sites for hydroxylation is 3. The first-order valence-electron chi connectivity index (χ1n) is 5.57. The van der Waals surface area contributed by atoms with Crippen molar-refractivity contribution in [3.8, 4) is 0 Å². The van der Waals surface area contributed by atoms with Crippen LogP contribution in [-0.2, 0) is 0 Å². The van der Waals surface area contributed by atoms with Gasteiger partial charge in [-0.25, -0.2) is 0 Å². The molecule has 94 valence electrons. The van der Waals surface area contributed by atoms with E-state index in [2.05, 4.69) is 31.4 Å². The zero-order valence-electron chi connectivity index (χ0n) is 10.5. The minimum Gasteiger partial charge on any atom is -0.321 e. The van der Waals surface area contributed by atoms with Gasteiger partial charge < -0.3 is 5.32 Å². The number of carbonyl (C=O) groups is 1. The zero-order chi connectivity index (χ0) is 13.3. The monoisotopic (exact) mass is 307 g/mol. The maximum atomic E-state index is 12.1. The van der Waals surface area contributed by atoms with Crippen LogP contribution in [0.3, 0.4) is 0 Å². The van der Waals surface area contributed by atoms with E-state index in [4.69, 9.17) is 0 Å². The molecule has 0 saturated carbocycles. The highest BCUT2D eigenvalue weighted by Crippen LogP contribution is 2.28. The number of aromatic amines is 1. The Balaban J connectivity index is 2.31. The van der Waals surface area contributed by atoms with Crippen molar-refractivity contribution in [1.29, 1.82) is 0 Å². The van der Waals surface area contributed by atoms with Gasteiger partial charge in [-0.3, -0.25) is 9.89 Å². The van der Waals surface area contributed by atoms with Crippen LogP contribution in [0.2, 0.25) is 0 Å². The number of amides is 1. The third-order valence-corrected chi connectivity index (χ3v) is 3.37. The molecule has 0 aliphatic heterocycles. The highest BCUT2D eigenvalue weighted by molar-refractivity contribution is 9.10. The third kappa shape index (κ3) is 2.46. The van der Waals surface area contributed by atoms with Crippen LogP contribution in [0.4, 0.5) is 5.69 Å². The van der Waals surface area contributed by atoms with Crippen molar-refractivity contribution in [2.45, 2.75) is 20.8 Å². The summed E-state index contributed by atoms with van der Waals surface area (Å²) >= 11 is 3.47. The first-order valence-corrected chi connectivity index (χ1v) is 6.36. The van der Waals surface area contributed by atoms with Gasteiger partial charge in [0.1, 0.15) is 0 Å². The summed E-state index contributed by atoms with van der Waals surface area (Å²) in [6.45, 7) is 5.80. The molecule has 2 aromatic rings. The van der Waals surface area contributed by atoms with Crippen molar-refractivity contribution < 1.29 is 4.79 Å². The molecule has 2 N–H and O–H groups in total. The fraction of sp³-hybridized carbons (Fsp3) is 0.231. The minimum absolute atomic E-state index is 0.158. The highest BCUT2D eigenvalue weighted by atomic mass is 79.9. The molecule has 0 saturated heterocycles. The van der Waals surface area contributed by atoms with Gasteiger partial charge >= 0.3 is 0 Å². The lowest BCUT2D eigenvalue weighted by molar-refractivity contribution is 0.102. The summed E-state index contributed by atoms with van der Waals surface area (Å²) in [6, 6.07) is 4.01. The molecule has 0 bridgehead atoms. The molecule has 0 atom stereocenters. The lowest BCUT2D eigenvalue weighted by atomic mass is 10.1. The van der Waals surface area contributed by atoms with Crippen LogP contribution in [0.15, 0.2) is 22.8 Å². The average Bonchev–Trinajstić information content (AvgIpc) is 2.69. The van der Waals surface area contributed by atoms with Gasteiger partial charge in [0.25, 0.3) is 5.91 Å². The summed E-state index contributed by atoms with van der Waals surface area (Å²) in [7, 11) is 0. The molecule has 0 aliphatic carbocycles. The second kappa shape index (κ2) is 4.94. The van der Waals surface area contributed by atoms with Gasteiger partial charge in [0.2, 0.25) is 0 Å². The van der Waals surface area contributed by atoms with E-state index in [1.165, 1.54) is 6.20 Å². The van der Waals surface area contributed by atoms with Gasteiger partial charge in [0.05, 0.1) is 17.4 Å².